The molecule has 2 heterocycles. The van der Waals surface area contributed by atoms with Crippen LogP contribution < -0.4 is 10.6 Å². The number of piperidine rings is 1. The van der Waals surface area contributed by atoms with Crippen LogP contribution in [0.4, 0.5) is 0 Å². The average molecular weight is 264 g/mol. The van der Waals surface area contributed by atoms with Crippen LogP contribution in [-0.2, 0) is 23.2 Å². The first-order valence-electron chi connectivity index (χ1n) is 6.57. The van der Waals surface area contributed by atoms with Gasteiger partial charge in [-0.1, -0.05) is 13.8 Å². The van der Waals surface area contributed by atoms with E-state index in [1.807, 2.05) is 13.2 Å². The molecule has 1 saturated heterocycles. The second kappa shape index (κ2) is 5.52. The maximum atomic E-state index is 11.6. The quantitative estimate of drug-likeness (QED) is 0.774. The summed E-state index contributed by atoms with van der Waals surface area (Å²) in [7, 11) is 1.89. The van der Waals surface area contributed by atoms with Crippen LogP contribution in [0.25, 0.3) is 0 Å². The number of amides is 2. The molecule has 6 heteroatoms. The topological polar surface area (TPSA) is 76.0 Å². The molecular formula is C13H20N4O2. The summed E-state index contributed by atoms with van der Waals surface area (Å²) in [5.74, 6) is -0.0710. The molecule has 2 N–H and O–H groups in total. The van der Waals surface area contributed by atoms with Gasteiger partial charge in [-0.05, 0) is 12.3 Å². The fraction of sp³-hybridized carbons (Fsp3) is 0.615. The number of aryl methyl sites for hydroxylation is 1. The largest absolute Gasteiger partial charge is 0.302 e. The highest BCUT2D eigenvalue weighted by Crippen LogP contribution is 2.17. The zero-order chi connectivity index (χ0) is 14.0. The Morgan fingerprint density at radius 2 is 2.26 bits per heavy atom. The van der Waals surface area contributed by atoms with Gasteiger partial charge < -0.3 is 5.32 Å². The van der Waals surface area contributed by atoms with E-state index in [0.717, 1.165) is 11.3 Å². The van der Waals surface area contributed by atoms with Crippen molar-refractivity contribution in [2.75, 3.05) is 0 Å². The van der Waals surface area contributed by atoms with Gasteiger partial charge in [-0.3, -0.25) is 19.6 Å². The number of carbonyl (C=O) groups is 2. The Balaban J connectivity index is 1.99. The lowest BCUT2D eigenvalue weighted by molar-refractivity contribution is -0.134. The van der Waals surface area contributed by atoms with E-state index in [4.69, 9.17) is 0 Å². The van der Waals surface area contributed by atoms with Gasteiger partial charge in [0.05, 0.1) is 11.7 Å². The number of nitrogens with zero attached hydrogens (tertiary/aromatic N) is 2. The van der Waals surface area contributed by atoms with Gasteiger partial charge >= 0.3 is 0 Å². The van der Waals surface area contributed by atoms with E-state index in [9.17, 15) is 9.59 Å². The summed E-state index contributed by atoms with van der Waals surface area (Å²) >= 11 is 0. The average Bonchev–Trinajstić information content (AvgIpc) is 2.69. The monoisotopic (exact) mass is 264 g/mol. The lowest BCUT2D eigenvalue weighted by Gasteiger charge is -2.21. The van der Waals surface area contributed by atoms with Crippen molar-refractivity contribution >= 4 is 11.8 Å². The Labute approximate surface area is 112 Å². The van der Waals surface area contributed by atoms with E-state index < -0.39 is 0 Å². The Kier molecular flexibility index (Phi) is 3.99. The number of imide groups is 1. The summed E-state index contributed by atoms with van der Waals surface area (Å²) in [6.07, 6.45) is 2.92. The maximum Gasteiger partial charge on any atom is 0.243 e. The minimum Gasteiger partial charge on any atom is -0.302 e. The van der Waals surface area contributed by atoms with Gasteiger partial charge in [0, 0.05) is 31.8 Å². The van der Waals surface area contributed by atoms with Crippen LogP contribution >= 0.6 is 0 Å². The molecule has 104 valence electrons. The van der Waals surface area contributed by atoms with Crippen LogP contribution in [0, 0.1) is 0 Å². The van der Waals surface area contributed by atoms with E-state index >= 15 is 0 Å². The van der Waals surface area contributed by atoms with Crippen molar-refractivity contribution in [1.29, 1.82) is 0 Å². The molecule has 1 aliphatic heterocycles. The minimum absolute atomic E-state index is 0.188. The Bertz CT molecular complexity index is 493. The number of carbonyl (C=O) groups excluding carboxylic acids is 2. The molecule has 1 unspecified atom stereocenters. The molecule has 1 aromatic heterocycles. The predicted molar refractivity (Wildman–Crippen MR) is 70.3 cm³/mol. The number of hydrogen-bond acceptors (Lipinski definition) is 4. The first kappa shape index (κ1) is 13.7. The highest BCUT2D eigenvalue weighted by molar-refractivity contribution is 6.00. The molecule has 0 aromatic carbocycles. The van der Waals surface area contributed by atoms with Crippen molar-refractivity contribution < 1.29 is 9.59 Å². The first-order chi connectivity index (χ1) is 8.97. The van der Waals surface area contributed by atoms with Crippen molar-refractivity contribution in [3.05, 3.63) is 17.5 Å². The van der Waals surface area contributed by atoms with Crippen LogP contribution in [-0.4, -0.2) is 27.6 Å². The molecule has 1 aliphatic rings. The van der Waals surface area contributed by atoms with Gasteiger partial charge in [-0.2, -0.15) is 5.10 Å². The second-order valence-electron chi connectivity index (χ2n) is 5.25. The molecule has 19 heavy (non-hydrogen) atoms. The van der Waals surface area contributed by atoms with Crippen molar-refractivity contribution in [3.8, 4) is 0 Å². The summed E-state index contributed by atoms with van der Waals surface area (Å²) in [4.78, 5) is 22.7. The standard InChI is InChI=1S/C13H20N4O2/c1-8(2)12-9(7-17(3)16-12)6-14-10-4-5-11(18)15-13(10)19/h7-8,10,14H,4-6H2,1-3H3,(H,15,18,19). The summed E-state index contributed by atoms with van der Waals surface area (Å²) in [5.41, 5.74) is 2.14. The number of hydrogen-bond donors (Lipinski definition) is 2. The predicted octanol–water partition coefficient (Wildman–Crippen LogP) is 0.438. The molecule has 2 rings (SSSR count). The van der Waals surface area contributed by atoms with E-state index in [1.165, 1.54) is 0 Å². The summed E-state index contributed by atoms with van der Waals surface area (Å²) in [6, 6.07) is -0.294. The van der Waals surface area contributed by atoms with Crippen molar-refractivity contribution in [2.24, 2.45) is 7.05 Å². The molecule has 0 saturated carbocycles. The van der Waals surface area contributed by atoms with Gasteiger partial charge in [-0.25, -0.2) is 0 Å². The molecule has 0 bridgehead atoms. The van der Waals surface area contributed by atoms with Crippen LogP contribution in [0.3, 0.4) is 0 Å². The zero-order valence-electron chi connectivity index (χ0n) is 11.6. The lowest BCUT2D eigenvalue weighted by atomic mass is 10.0. The molecule has 2 amide bonds. The molecule has 0 aliphatic carbocycles. The Morgan fingerprint density at radius 1 is 1.53 bits per heavy atom. The third-order valence-electron chi connectivity index (χ3n) is 3.26. The first-order valence-corrected chi connectivity index (χ1v) is 6.57. The van der Waals surface area contributed by atoms with E-state index in [0.29, 0.717) is 25.3 Å². The van der Waals surface area contributed by atoms with Gasteiger partial charge in [0.2, 0.25) is 11.8 Å². The summed E-state index contributed by atoms with van der Waals surface area (Å²) < 4.78 is 1.79. The SMILES string of the molecule is CC(C)c1nn(C)cc1CNC1CCC(=O)NC1=O. The fourth-order valence-corrected chi connectivity index (χ4v) is 2.30. The number of rotatable bonds is 4. The van der Waals surface area contributed by atoms with Crippen LogP contribution in [0.1, 0.15) is 43.9 Å². The molecular weight excluding hydrogens is 244 g/mol. The normalized spacial score (nSPS) is 19.9. The van der Waals surface area contributed by atoms with Crippen molar-refractivity contribution in [1.82, 2.24) is 20.4 Å². The van der Waals surface area contributed by atoms with E-state index in [1.54, 1.807) is 4.68 Å². The highest BCUT2D eigenvalue weighted by Gasteiger charge is 2.26. The Morgan fingerprint density at radius 3 is 2.89 bits per heavy atom. The van der Waals surface area contributed by atoms with Crippen LogP contribution in [0.5, 0.6) is 0 Å². The minimum atomic E-state index is -0.294. The highest BCUT2D eigenvalue weighted by atomic mass is 16.2. The fourth-order valence-electron chi connectivity index (χ4n) is 2.30. The van der Waals surface area contributed by atoms with Gasteiger partial charge in [-0.15, -0.1) is 0 Å². The lowest BCUT2D eigenvalue weighted by Crippen LogP contribution is -2.50. The van der Waals surface area contributed by atoms with Gasteiger partial charge in [0.25, 0.3) is 0 Å². The zero-order valence-corrected chi connectivity index (χ0v) is 11.6. The second-order valence-corrected chi connectivity index (χ2v) is 5.25. The molecule has 1 fully saturated rings. The Hall–Kier alpha value is -1.69. The third kappa shape index (κ3) is 3.20. The molecule has 1 atom stereocenters. The summed E-state index contributed by atoms with van der Waals surface area (Å²) in [5, 5.41) is 9.97. The smallest absolute Gasteiger partial charge is 0.243 e. The van der Waals surface area contributed by atoms with Crippen LogP contribution in [0.2, 0.25) is 0 Å². The van der Waals surface area contributed by atoms with E-state index in [-0.39, 0.29) is 17.9 Å². The van der Waals surface area contributed by atoms with E-state index in [2.05, 4.69) is 29.6 Å². The van der Waals surface area contributed by atoms with Crippen molar-refractivity contribution in [2.45, 2.75) is 45.2 Å². The van der Waals surface area contributed by atoms with Crippen molar-refractivity contribution in [3.63, 3.8) is 0 Å². The molecule has 0 radical (unpaired) electrons. The van der Waals surface area contributed by atoms with Crippen LogP contribution in [0.15, 0.2) is 6.20 Å². The maximum absolute atomic E-state index is 11.6. The third-order valence-corrected chi connectivity index (χ3v) is 3.26. The number of aromatic nitrogens is 2. The number of nitrogens with one attached hydrogen (secondary N) is 2. The molecule has 6 nitrogen and oxygen atoms in total. The molecule has 1 aromatic rings. The summed E-state index contributed by atoms with van der Waals surface area (Å²) in [6.45, 7) is 4.78. The molecule has 0 spiro atoms. The van der Waals surface area contributed by atoms with Gasteiger partial charge in [0.15, 0.2) is 0 Å². The van der Waals surface area contributed by atoms with Gasteiger partial charge in [0.1, 0.15) is 0 Å².